The number of ether oxygens (including phenoxy) is 4. The van der Waals surface area contributed by atoms with Crippen molar-refractivity contribution in [1.29, 1.82) is 0 Å². The molecule has 0 aliphatic rings. The summed E-state index contributed by atoms with van der Waals surface area (Å²) in [6.07, 6.45) is 48.9. The second-order valence-electron chi connectivity index (χ2n) is 28.7. The molecular weight excluding hydrogens is 1230 g/mol. The Morgan fingerprint density at radius 1 is 0.298 bits per heavy atom. The van der Waals surface area contributed by atoms with E-state index in [9.17, 15) is 43.2 Å². The lowest BCUT2D eigenvalue weighted by atomic mass is 10.00. The highest BCUT2D eigenvalue weighted by molar-refractivity contribution is 7.47. The first-order valence-electron chi connectivity index (χ1n) is 38.7. The fraction of sp³-hybridized carbons (Fsp3) is 0.947. The first-order chi connectivity index (χ1) is 45.1. The zero-order valence-corrected chi connectivity index (χ0v) is 63.4. The Labute approximate surface area is 575 Å². The van der Waals surface area contributed by atoms with E-state index < -0.39 is 97.5 Å². The smallest absolute Gasteiger partial charge is 0.462 e. The Kier molecular flexibility index (Phi) is 63.1. The summed E-state index contributed by atoms with van der Waals surface area (Å²) in [4.78, 5) is 72.7. The number of aliphatic hydroxyl groups excluding tert-OH is 1. The van der Waals surface area contributed by atoms with Crippen molar-refractivity contribution in [3.63, 3.8) is 0 Å². The van der Waals surface area contributed by atoms with Crippen molar-refractivity contribution >= 4 is 39.5 Å². The first kappa shape index (κ1) is 92.1. The van der Waals surface area contributed by atoms with E-state index in [1.165, 1.54) is 173 Å². The standard InChI is InChI=1S/C75H146O17P2/c1-9-68(8)54-46-38-33-34-42-50-58-75(80)92-71(62-85-72(77)55-47-39-30-24-19-17-15-13-11-10-12-14-16-18-22-27-35-43-51-65(2)3)64-90-94(83,84)88-60-69(76)59-87-93(81,82)89-63-70(61-86-73(78)56-48-40-32-26-29-37-45-53-67(6)7)91-74(79)57-49-41-31-25-21-20-23-28-36-44-52-66(4)5/h65-71,76H,9-64H2,1-8H3,(H,81,82)(H,83,84)/t68?,69?,70-,71-/m1/s1. The monoisotopic (exact) mass is 1380 g/mol. The molecule has 0 aromatic heterocycles. The van der Waals surface area contributed by atoms with E-state index in [1.54, 1.807) is 0 Å². The molecular formula is C75H146O17P2. The third-order valence-corrected chi connectivity index (χ3v) is 19.6. The van der Waals surface area contributed by atoms with Gasteiger partial charge in [-0.25, -0.2) is 9.13 Å². The number of carbonyl (C=O) groups excluding carboxylic acids is 4. The van der Waals surface area contributed by atoms with Crippen LogP contribution in [-0.4, -0.2) is 96.7 Å². The van der Waals surface area contributed by atoms with Gasteiger partial charge in [-0.2, -0.15) is 0 Å². The molecule has 94 heavy (non-hydrogen) atoms. The van der Waals surface area contributed by atoms with Gasteiger partial charge in [0.2, 0.25) is 0 Å². The number of hydrogen-bond acceptors (Lipinski definition) is 15. The average molecular weight is 1380 g/mol. The van der Waals surface area contributed by atoms with Crippen LogP contribution in [0.4, 0.5) is 0 Å². The number of unbranched alkanes of at least 4 members (excludes halogenated alkanes) is 37. The Balaban J connectivity index is 5.15. The van der Waals surface area contributed by atoms with Crippen LogP contribution in [0.25, 0.3) is 0 Å². The maximum Gasteiger partial charge on any atom is 0.472 e. The summed E-state index contributed by atoms with van der Waals surface area (Å²) in [6.45, 7) is 14.1. The van der Waals surface area contributed by atoms with Crippen LogP contribution in [0.15, 0.2) is 0 Å². The lowest BCUT2D eigenvalue weighted by Gasteiger charge is -2.21. The molecule has 17 nitrogen and oxygen atoms in total. The molecule has 0 aromatic rings. The first-order valence-corrected chi connectivity index (χ1v) is 41.7. The minimum absolute atomic E-state index is 0.103. The van der Waals surface area contributed by atoms with Crippen LogP contribution in [-0.2, 0) is 65.4 Å². The summed E-state index contributed by atoms with van der Waals surface area (Å²) in [5, 5.41) is 10.6. The molecule has 6 atom stereocenters. The molecule has 0 rings (SSSR count). The van der Waals surface area contributed by atoms with Gasteiger partial charge >= 0.3 is 39.5 Å². The van der Waals surface area contributed by atoms with Crippen LogP contribution in [0, 0.1) is 23.7 Å². The fourth-order valence-corrected chi connectivity index (χ4v) is 12.9. The molecule has 0 spiro atoms. The number of phosphoric acid groups is 2. The summed E-state index contributed by atoms with van der Waals surface area (Å²) >= 11 is 0. The van der Waals surface area contributed by atoms with E-state index in [4.69, 9.17) is 37.0 Å². The summed E-state index contributed by atoms with van der Waals surface area (Å²) in [7, 11) is -9.91. The lowest BCUT2D eigenvalue weighted by molar-refractivity contribution is -0.161. The third kappa shape index (κ3) is 67.3. The second-order valence-corrected chi connectivity index (χ2v) is 31.6. The Hall–Kier alpha value is -1.94. The molecule has 0 amide bonds. The molecule has 4 unspecified atom stereocenters. The van der Waals surface area contributed by atoms with Gasteiger partial charge in [-0.15, -0.1) is 0 Å². The number of phosphoric ester groups is 2. The Morgan fingerprint density at radius 2 is 0.511 bits per heavy atom. The number of esters is 4. The molecule has 19 heteroatoms. The van der Waals surface area contributed by atoms with E-state index in [-0.39, 0.29) is 25.7 Å². The summed E-state index contributed by atoms with van der Waals surface area (Å²) in [6, 6.07) is 0. The van der Waals surface area contributed by atoms with Gasteiger partial charge in [-0.05, 0) is 49.4 Å². The van der Waals surface area contributed by atoms with Crippen molar-refractivity contribution in [3.05, 3.63) is 0 Å². The van der Waals surface area contributed by atoms with Gasteiger partial charge in [0.15, 0.2) is 12.2 Å². The summed E-state index contributed by atoms with van der Waals surface area (Å²) in [5.74, 6) is 0.873. The van der Waals surface area contributed by atoms with Gasteiger partial charge in [0.05, 0.1) is 26.4 Å². The van der Waals surface area contributed by atoms with Crippen LogP contribution >= 0.6 is 15.6 Å². The van der Waals surface area contributed by atoms with Crippen molar-refractivity contribution in [3.8, 4) is 0 Å². The molecule has 0 radical (unpaired) electrons. The minimum Gasteiger partial charge on any atom is -0.462 e. The molecule has 558 valence electrons. The van der Waals surface area contributed by atoms with Gasteiger partial charge in [0.1, 0.15) is 19.3 Å². The molecule has 0 saturated heterocycles. The summed E-state index contributed by atoms with van der Waals surface area (Å²) in [5.41, 5.74) is 0. The van der Waals surface area contributed by atoms with Crippen LogP contribution in [0.1, 0.15) is 376 Å². The quantitative estimate of drug-likeness (QED) is 0.0222. The third-order valence-electron chi connectivity index (χ3n) is 17.7. The largest absolute Gasteiger partial charge is 0.472 e. The molecule has 0 fully saturated rings. The van der Waals surface area contributed by atoms with E-state index >= 15 is 0 Å². The Morgan fingerprint density at radius 3 is 0.755 bits per heavy atom. The van der Waals surface area contributed by atoms with Crippen molar-refractivity contribution in [2.45, 2.75) is 395 Å². The SMILES string of the molecule is CCC(C)CCCCCCCCC(=O)O[C@H](COC(=O)CCCCCCCCCCCCCCCCCCCCC(C)C)COP(=O)(O)OCC(O)COP(=O)(O)OC[C@@H](COC(=O)CCCCCCCCCC(C)C)OC(=O)CCCCCCCCCCCCC(C)C. The van der Waals surface area contributed by atoms with Crippen LogP contribution < -0.4 is 0 Å². The van der Waals surface area contributed by atoms with Crippen molar-refractivity contribution < 1.29 is 80.2 Å². The predicted molar refractivity (Wildman–Crippen MR) is 381 cm³/mol. The van der Waals surface area contributed by atoms with Gasteiger partial charge in [-0.3, -0.25) is 37.3 Å². The van der Waals surface area contributed by atoms with E-state index in [2.05, 4.69) is 55.4 Å². The van der Waals surface area contributed by atoms with Crippen LogP contribution in [0.3, 0.4) is 0 Å². The molecule has 0 heterocycles. The normalized spacial score (nSPS) is 14.4. The number of aliphatic hydroxyl groups is 1. The molecule has 0 aromatic carbocycles. The highest BCUT2D eigenvalue weighted by atomic mass is 31.2. The average Bonchev–Trinajstić information content (AvgIpc) is 3.70. The number of hydrogen-bond donors (Lipinski definition) is 3. The van der Waals surface area contributed by atoms with Crippen molar-refractivity contribution in [2.75, 3.05) is 39.6 Å². The zero-order chi connectivity index (χ0) is 69.6. The molecule has 0 saturated carbocycles. The van der Waals surface area contributed by atoms with E-state index in [1.807, 2.05) is 0 Å². The van der Waals surface area contributed by atoms with Crippen LogP contribution in [0.2, 0.25) is 0 Å². The molecule has 3 N–H and O–H groups in total. The predicted octanol–water partition coefficient (Wildman–Crippen LogP) is 21.7. The van der Waals surface area contributed by atoms with Crippen molar-refractivity contribution in [1.82, 2.24) is 0 Å². The minimum atomic E-state index is -4.96. The van der Waals surface area contributed by atoms with Gasteiger partial charge < -0.3 is 33.8 Å². The van der Waals surface area contributed by atoms with E-state index in [0.717, 1.165) is 114 Å². The van der Waals surface area contributed by atoms with Crippen molar-refractivity contribution in [2.24, 2.45) is 23.7 Å². The molecule has 0 aliphatic carbocycles. The molecule has 0 bridgehead atoms. The van der Waals surface area contributed by atoms with E-state index in [0.29, 0.717) is 31.6 Å². The topological polar surface area (TPSA) is 237 Å². The Bertz CT molecular complexity index is 1850. The molecule has 0 aliphatic heterocycles. The summed E-state index contributed by atoms with van der Waals surface area (Å²) < 4.78 is 68.4. The van der Waals surface area contributed by atoms with Gasteiger partial charge in [0, 0.05) is 25.7 Å². The maximum absolute atomic E-state index is 13.0. The number of rotatable bonds is 72. The number of carbonyl (C=O) groups is 4. The second kappa shape index (κ2) is 64.4. The van der Waals surface area contributed by atoms with Gasteiger partial charge in [-0.1, -0.05) is 325 Å². The fourth-order valence-electron chi connectivity index (χ4n) is 11.3. The maximum atomic E-state index is 13.0. The van der Waals surface area contributed by atoms with Gasteiger partial charge in [0.25, 0.3) is 0 Å². The van der Waals surface area contributed by atoms with Crippen LogP contribution in [0.5, 0.6) is 0 Å². The lowest BCUT2D eigenvalue weighted by Crippen LogP contribution is -2.30. The highest BCUT2D eigenvalue weighted by Crippen LogP contribution is 2.45. The zero-order valence-electron chi connectivity index (χ0n) is 61.6. The highest BCUT2D eigenvalue weighted by Gasteiger charge is 2.30.